The summed E-state index contributed by atoms with van der Waals surface area (Å²) in [7, 11) is 0. The quantitative estimate of drug-likeness (QED) is 0.0915. The van der Waals surface area contributed by atoms with E-state index in [9.17, 15) is 13.2 Å². The molecule has 1 heterocycles. The van der Waals surface area contributed by atoms with Crippen molar-refractivity contribution in [3.63, 3.8) is 0 Å². The van der Waals surface area contributed by atoms with Crippen LogP contribution in [0.4, 0.5) is 13.2 Å². The molecule has 1 aliphatic heterocycles. The van der Waals surface area contributed by atoms with E-state index in [1.807, 2.05) is 25.1 Å². The summed E-state index contributed by atoms with van der Waals surface area (Å²) in [4.78, 5) is 5.39. The van der Waals surface area contributed by atoms with Crippen LogP contribution in [0.2, 0.25) is 0 Å². The number of benzene rings is 2. The van der Waals surface area contributed by atoms with E-state index in [1.165, 1.54) is 13.0 Å². The van der Waals surface area contributed by atoms with Crippen molar-refractivity contribution in [2.75, 3.05) is 19.8 Å². The fourth-order valence-corrected chi connectivity index (χ4v) is 3.75. The van der Waals surface area contributed by atoms with E-state index in [1.54, 1.807) is 13.0 Å². The van der Waals surface area contributed by atoms with Gasteiger partial charge in [-0.15, -0.1) is 0 Å². The molecular formula is C30H40F3N3O4. The normalized spacial score (nSPS) is 13.5. The molecule has 0 unspecified atom stereocenters. The van der Waals surface area contributed by atoms with Crippen molar-refractivity contribution < 1.29 is 32.2 Å². The van der Waals surface area contributed by atoms with Gasteiger partial charge in [-0.05, 0) is 74.6 Å². The molecule has 2 aromatic carbocycles. The highest BCUT2D eigenvalue weighted by molar-refractivity contribution is 5.98. The Hall–Kier alpha value is -3.69. The van der Waals surface area contributed by atoms with Gasteiger partial charge in [0.2, 0.25) is 0 Å². The highest BCUT2D eigenvalue weighted by atomic mass is 19.4. The summed E-state index contributed by atoms with van der Waals surface area (Å²) in [6.07, 6.45) is -0.360. The van der Waals surface area contributed by atoms with Gasteiger partial charge >= 0.3 is 6.18 Å². The number of allylic oxidation sites excluding steroid dienone is 1. The Kier molecular flexibility index (Phi) is 12.8. The summed E-state index contributed by atoms with van der Waals surface area (Å²) >= 11 is 0. The maximum atomic E-state index is 13.8. The molecule has 40 heavy (non-hydrogen) atoms. The van der Waals surface area contributed by atoms with Crippen LogP contribution in [-0.2, 0) is 17.4 Å². The van der Waals surface area contributed by atoms with Crippen LogP contribution in [0.1, 0.15) is 70.1 Å². The Balaban J connectivity index is 0.00000131. The second-order valence-corrected chi connectivity index (χ2v) is 9.60. The summed E-state index contributed by atoms with van der Waals surface area (Å²) in [5.41, 5.74) is 5.49. The average Bonchev–Trinajstić information content (AvgIpc) is 2.91. The lowest BCUT2D eigenvalue weighted by atomic mass is 10.0. The molecule has 0 amide bonds. The average molecular weight is 564 g/mol. The number of unbranched alkanes of at least 4 members (excludes halogenated alkanes) is 1. The SMILES string of the molecule is C=C(O/N=C(\C)c1ccc(OCCCc2ccc3c(c2)OCCO3)c(C(F)(F)F)c1)[C@@H](C)CCCC.CC(=N)N. The molecule has 7 nitrogen and oxygen atoms in total. The largest absolute Gasteiger partial charge is 0.493 e. The van der Waals surface area contributed by atoms with Crippen molar-refractivity contribution in [3.05, 3.63) is 65.4 Å². The molecule has 0 saturated heterocycles. The Morgan fingerprint density at radius 3 is 2.42 bits per heavy atom. The summed E-state index contributed by atoms with van der Waals surface area (Å²) < 4.78 is 57.9. The van der Waals surface area contributed by atoms with Gasteiger partial charge in [-0.25, -0.2) is 0 Å². The lowest BCUT2D eigenvalue weighted by molar-refractivity contribution is -0.139. The third kappa shape index (κ3) is 10.8. The Labute approximate surface area is 234 Å². The zero-order valence-electron chi connectivity index (χ0n) is 23.7. The first kappa shape index (κ1) is 32.5. The number of ether oxygens (including phenoxy) is 3. The molecular weight excluding hydrogens is 523 g/mol. The first-order valence-corrected chi connectivity index (χ1v) is 13.4. The molecule has 2 aromatic rings. The van der Waals surface area contributed by atoms with Crippen LogP contribution in [0.5, 0.6) is 17.2 Å². The molecule has 0 bridgehead atoms. The van der Waals surface area contributed by atoms with Gasteiger partial charge in [0.1, 0.15) is 24.7 Å². The summed E-state index contributed by atoms with van der Waals surface area (Å²) in [5.74, 6) is 1.96. The number of oxime groups is 1. The van der Waals surface area contributed by atoms with Crippen molar-refractivity contribution in [1.82, 2.24) is 0 Å². The molecule has 10 heteroatoms. The number of halogens is 3. The third-order valence-corrected chi connectivity index (χ3v) is 6.02. The number of hydrogen-bond acceptors (Lipinski definition) is 6. The second kappa shape index (κ2) is 15.8. The van der Waals surface area contributed by atoms with Gasteiger partial charge < -0.3 is 24.8 Å². The smallest absolute Gasteiger partial charge is 0.419 e. The molecule has 0 saturated carbocycles. The van der Waals surface area contributed by atoms with Gasteiger partial charge in [0.05, 0.1) is 23.7 Å². The third-order valence-electron chi connectivity index (χ3n) is 6.02. The lowest BCUT2D eigenvalue weighted by Crippen LogP contribution is -2.15. The van der Waals surface area contributed by atoms with Crippen molar-refractivity contribution in [2.24, 2.45) is 16.8 Å². The minimum atomic E-state index is -4.57. The van der Waals surface area contributed by atoms with Gasteiger partial charge in [0, 0.05) is 5.92 Å². The number of fused-ring (bicyclic) bond motifs is 1. The number of alkyl halides is 3. The Morgan fingerprint density at radius 1 is 1.10 bits per heavy atom. The topological polar surface area (TPSA) is 99.1 Å². The van der Waals surface area contributed by atoms with Crippen LogP contribution in [0.3, 0.4) is 0 Å². The predicted molar refractivity (Wildman–Crippen MR) is 151 cm³/mol. The van der Waals surface area contributed by atoms with E-state index in [0.717, 1.165) is 30.9 Å². The molecule has 3 N–H and O–H groups in total. The molecule has 0 spiro atoms. The first-order chi connectivity index (χ1) is 18.9. The first-order valence-electron chi connectivity index (χ1n) is 13.4. The molecule has 0 aromatic heterocycles. The van der Waals surface area contributed by atoms with Gasteiger partial charge in [0.25, 0.3) is 0 Å². The fourth-order valence-electron chi connectivity index (χ4n) is 3.75. The predicted octanol–water partition coefficient (Wildman–Crippen LogP) is 7.51. The summed E-state index contributed by atoms with van der Waals surface area (Å²) in [6.45, 7) is 12.3. The van der Waals surface area contributed by atoms with Crippen LogP contribution >= 0.6 is 0 Å². The van der Waals surface area contributed by atoms with Crippen molar-refractivity contribution >= 4 is 11.5 Å². The van der Waals surface area contributed by atoms with E-state index in [2.05, 4.69) is 18.7 Å². The fraction of sp³-hybridized carbons (Fsp3) is 0.467. The number of amidine groups is 1. The van der Waals surface area contributed by atoms with Gasteiger partial charge in [-0.1, -0.05) is 44.5 Å². The standard InChI is InChI=1S/C28H34F3NO4.C2H6N2/c1-5-6-8-19(2)21(4)36-32-20(3)23-11-13-25(24(18-23)28(29,30)31)33-14-7-9-22-10-12-26-27(17-22)35-16-15-34-26;1-2(3)4/h10-13,17-19H,4-9,14-16H2,1-3H3;1H3,(H3,3,4)/b32-20+;/t19-;/m0./s1. The summed E-state index contributed by atoms with van der Waals surface area (Å²) in [6, 6.07) is 9.60. The minimum Gasteiger partial charge on any atom is -0.493 e. The molecule has 1 atom stereocenters. The maximum absolute atomic E-state index is 13.8. The van der Waals surface area contributed by atoms with Crippen LogP contribution in [-0.4, -0.2) is 31.4 Å². The van der Waals surface area contributed by atoms with Gasteiger partial charge in [0.15, 0.2) is 11.5 Å². The molecule has 0 radical (unpaired) electrons. The number of aryl methyl sites for hydroxylation is 1. The number of nitrogens with two attached hydrogens (primary N) is 1. The molecule has 220 valence electrons. The Morgan fingerprint density at radius 2 is 1.77 bits per heavy atom. The van der Waals surface area contributed by atoms with E-state index in [-0.39, 0.29) is 24.1 Å². The highest BCUT2D eigenvalue weighted by Crippen LogP contribution is 2.37. The molecule has 1 aliphatic rings. The van der Waals surface area contributed by atoms with Crippen LogP contribution < -0.4 is 19.9 Å². The zero-order chi connectivity index (χ0) is 29.7. The van der Waals surface area contributed by atoms with E-state index >= 15 is 0 Å². The number of hydrogen-bond donors (Lipinski definition) is 2. The van der Waals surface area contributed by atoms with Crippen molar-refractivity contribution in [1.29, 1.82) is 5.41 Å². The number of rotatable bonds is 12. The van der Waals surface area contributed by atoms with Crippen molar-refractivity contribution in [3.8, 4) is 17.2 Å². The van der Waals surface area contributed by atoms with E-state index in [0.29, 0.717) is 54.6 Å². The Bertz CT molecular complexity index is 1160. The van der Waals surface area contributed by atoms with Gasteiger partial charge in [-0.2, -0.15) is 13.2 Å². The zero-order valence-corrected chi connectivity index (χ0v) is 23.7. The minimum absolute atomic E-state index is 0.116. The van der Waals surface area contributed by atoms with E-state index < -0.39 is 11.7 Å². The molecule has 0 aliphatic carbocycles. The second-order valence-electron chi connectivity index (χ2n) is 9.60. The van der Waals surface area contributed by atoms with Crippen LogP contribution in [0, 0.1) is 11.3 Å². The van der Waals surface area contributed by atoms with Crippen molar-refractivity contribution in [2.45, 2.75) is 66.0 Å². The van der Waals surface area contributed by atoms with Crippen LogP contribution in [0.15, 0.2) is 53.9 Å². The van der Waals surface area contributed by atoms with Gasteiger partial charge in [-0.3, -0.25) is 5.41 Å². The van der Waals surface area contributed by atoms with E-state index in [4.69, 9.17) is 30.2 Å². The lowest BCUT2D eigenvalue weighted by Gasteiger charge is -2.19. The highest BCUT2D eigenvalue weighted by Gasteiger charge is 2.35. The maximum Gasteiger partial charge on any atom is 0.419 e. The molecule has 0 fully saturated rings. The number of nitrogens with zero attached hydrogens (tertiary/aromatic N) is 1. The summed E-state index contributed by atoms with van der Waals surface area (Å²) in [5, 5.41) is 10.3. The molecule has 3 rings (SSSR count). The number of nitrogens with one attached hydrogen (secondary N) is 1. The monoisotopic (exact) mass is 563 g/mol. The van der Waals surface area contributed by atoms with Crippen LogP contribution in [0.25, 0.3) is 0 Å².